The fourth-order valence-corrected chi connectivity index (χ4v) is 5.20. The first-order valence-corrected chi connectivity index (χ1v) is 12.9. The Labute approximate surface area is 197 Å². The number of ether oxygens (including phenoxy) is 1. The fraction of sp³-hybridized carbons (Fsp3) is 0.480. The summed E-state index contributed by atoms with van der Waals surface area (Å²) in [4.78, 5) is 4.96. The zero-order valence-corrected chi connectivity index (χ0v) is 20.7. The van der Waals surface area contributed by atoms with Crippen LogP contribution in [-0.2, 0) is 33.5 Å². The van der Waals surface area contributed by atoms with Crippen molar-refractivity contribution in [2.45, 2.75) is 52.1 Å². The van der Waals surface area contributed by atoms with Crippen molar-refractivity contribution in [1.82, 2.24) is 14.3 Å². The number of rotatable bonds is 7. The highest BCUT2D eigenvalue weighted by Crippen LogP contribution is 2.31. The van der Waals surface area contributed by atoms with Crippen LogP contribution in [0, 0.1) is 5.92 Å². The summed E-state index contributed by atoms with van der Waals surface area (Å²) in [5, 5.41) is 0. The second-order valence-corrected chi connectivity index (χ2v) is 11.6. The van der Waals surface area contributed by atoms with E-state index in [0.29, 0.717) is 11.6 Å². The molecule has 0 spiro atoms. The summed E-state index contributed by atoms with van der Waals surface area (Å²) in [7, 11) is -2.13. The molecule has 0 saturated carbocycles. The van der Waals surface area contributed by atoms with Gasteiger partial charge in [-0.15, -0.1) is 0 Å². The monoisotopic (exact) mass is 470 g/mol. The van der Waals surface area contributed by atoms with Gasteiger partial charge in [-0.25, -0.2) is 4.98 Å². The molecule has 0 bridgehead atoms. The second-order valence-electron chi connectivity index (χ2n) is 9.80. The Morgan fingerprint density at radius 1 is 1.12 bits per heavy atom. The van der Waals surface area contributed by atoms with Crippen molar-refractivity contribution in [3.63, 3.8) is 0 Å². The van der Waals surface area contributed by atoms with E-state index in [0.717, 1.165) is 55.0 Å². The summed E-state index contributed by atoms with van der Waals surface area (Å²) in [5.41, 5.74) is 3.22. The SMILES string of the molecule is CN(c1ccc2c(c1)nc(C(C)(C)C)n2CC1CCOCC1)S(=O)(=O)NCc1ccccc1. The minimum absolute atomic E-state index is 0.125. The molecule has 4 rings (SSSR count). The van der Waals surface area contributed by atoms with E-state index in [9.17, 15) is 8.42 Å². The first-order chi connectivity index (χ1) is 15.6. The molecule has 1 aromatic heterocycles. The zero-order chi connectivity index (χ0) is 23.6. The minimum Gasteiger partial charge on any atom is -0.381 e. The van der Waals surface area contributed by atoms with Gasteiger partial charge in [0.1, 0.15) is 5.82 Å². The molecule has 0 aliphatic carbocycles. The predicted octanol–water partition coefficient (Wildman–Crippen LogP) is 4.23. The van der Waals surface area contributed by atoms with E-state index in [2.05, 4.69) is 30.1 Å². The third kappa shape index (κ3) is 5.39. The summed E-state index contributed by atoms with van der Waals surface area (Å²) in [6.07, 6.45) is 2.10. The smallest absolute Gasteiger partial charge is 0.301 e. The van der Waals surface area contributed by atoms with Crippen molar-refractivity contribution in [1.29, 1.82) is 0 Å². The van der Waals surface area contributed by atoms with Gasteiger partial charge in [-0.2, -0.15) is 13.1 Å². The van der Waals surface area contributed by atoms with Gasteiger partial charge in [0.25, 0.3) is 0 Å². The molecule has 2 heterocycles. The number of aromatic nitrogens is 2. The number of benzene rings is 2. The lowest BCUT2D eigenvalue weighted by Gasteiger charge is -2.26. The van der Waals surface area contributed by atoms with Crippen LogP contribution in [0.3, 0.4) is 0 Å². The highest BCUT2D eigenvalue weighted by Gasteiger charge is 2.26. The van der Waals surface area contributed by atoms with Gasteiger partial charge >= 0.3 is 10.2 Å². The number of fused-ring (bicyclic) bond motifs is 1. The summed E-state index contributed by atoms with van der Waals surface area (Å²) >= 11 is 0. The Kier molecular flexibility index (Phi) is 6.79. The maximum Gasteiger partial charge on any atom is 0.301 e. The van der Waals surface area contributed by atoms with E-state index >= 15 is 0 Å². The van der Waals surface area contributed by atoms with E-state index in [1.165, 1.54) is 4.31 Å². The van der Waals surface area contributed by atoms with Crippen molar-refractivity contribution in [3.8, 4) is 0 Å². The minimum atomic E-state index is -3.70. The van der Waals surface area contributed by atoms with Crippen LogP contribution >= 0.6 is 0 Å². The van der Waals surface area contributed by atoms with Crippen LogP contribution in [0.15, 0.2) is 48.5 Å². The normalized spacial score (nSPS) is 15.8. The number of nitrogens with zero attached hydrogens (tertiary/aromatic N) is 3. The molecule has 1 fully saturated rings. The molecule has 0 unspecified atom stereocenters. The average Bonchev–Trinajstić information content (AvgIpc) is 3.17. The molecule has 1 aliphatic rings. The molecule has 0 atom stereocenters. The molecule has 33 heavy (non-hydrogen) atoms. The van der Waals surface area contributed by atoms with Crippen molar-refractivity contribution in [2.24, 2.45) is 5.92 Å². The van der Waals surface area contributed by atoms with E-state index < -0.39 is 10.2 Å². The molecule has 3 aromatic rings. The van der Waals surface area contributed by atoms with Crippen LogP contribution in [0.4, 0.5) is 5.69 Å². The van der Waals surface area contributed by atoms with Gasteiger partial charge in [0, 0.05) is 38.8 Å². The maximum atomic E-state index is 12.9. The fourth-order valence-electron chi connectivity index (χ4n) is 4.26. The Balaban J connectivity index is 1.61. The molecular formula is C25H34N4O3S. The predicted molar refractivity (Wildman–Crippen MR) is 133 cm³/mol. The molecule has 7 nitrogen and oxygen atoms in total. The van der Waals surface area contributed by atoms with Crippen LogP contribution in [0.25, 0.3) is 11.0 Å². The second kappa shape index (κ2) is 9.44. The lowest BCUT2D eigenvalue weighted by Crippen LogP contribution is -2.37. The number of anilines is 1. The number of nitrogens with one attached hydrogen (secondary N) is 1. The first-order valence-electron chi connectivity index (χ1n) is 11.5. The van der Waals surface area contributed by atoms with E-state index in [1.54, 1.807) is 7.05 Å². The van der Waals surface area contributed by atoms with Gasteiger partial charge in [0.2, 0.25) is 0 Å². The Morgan fingerprint density at radius 2 is 1.82 bits per heavy atom. The maximum absolute atomic E-state index is 12.9. The third-order valence-electron chi connectivity index (χ3n) is 6.21. The van der Waals surface area contributed by atoms with Gasteiger partial charge < -0.3 is 9.30 Å². The standard InChI is InChI=1S/C25H34N4O3S/c1-25(2,3)24-27-22-16-21(10-11-23(22)29(24)18-20-12-14-32-15-13-20)28(4)33(30,31)26-17-19-8-6-5-7-9-19/h5-11,16,20,26H,12-15,17-18H2,1-4H3. The third-order valence-corrected chi connectivity index (χ3v) is 7.65. The number of imidazole rings is 1. The van der Waals surface area contributed by atoms with Gasteiger partial charge in [0.05, 0.1) is 16.7 Å². The topological polar surface area (TPSA) is 76.5 Å². The highest BCUT2D eigenvalue weighted by molar-refractivity contribution is 7.90. The molecule has 0 amide bonds. The van der Waals surface area contributed by atoms with E-state index in [4.69, 9.17) is 9.72 Å². The highest BCUT2D eigenvalue weighted by atomic mass is 32.2. The van der Waals surface area contributed by atoms with Crippen LogP contribution in [0.1, 0.15) is 45.0 Å². The molecular weight excluding hydrogens is 436 g/mol. The molecule has 1 N–H and O–H groups in total. The molecule has 1 aliphatic heterocycles. The Hall–Kier alpha value is -2.42. The summed E-state index contributed by atoms with van der Waals surface area (Å²) in [6.45, 7) is 9.26. The summed E-state index contributed by atoms with van der Waals surface area (Å²) in [5.74, 6) is 1.58. The quantitative estimate of drug-likeness (QED) is 0.561. The van der Waals surface area contributed by atoms with Crippen LogP contribution < -0.4 is 9.03 Å². The van der Waals surface area contributed by atoms with Crippen molar-refractivity contribution in [2.75, 3.05) is 24.6 Å². The molecule has 0 radical (unpaired) electrons. The summed E-state index contributed by atoms with van der Waals surface area (Å²) in [6, 6.07) is 15.2. The Morgan fingerprint density at radius 3 is 2.48 bits per heavy atom. The van der Waals surface area contributed by atoms with E-state index in [-0.39, 0.29) is 12.0 Å². The summed E-state index contributed by atoms with van der Waals surface area (Å²) < 4.78 is 37.6. The van der Waals surface area contributed by atoms with Crippen LogP contribution in [-0.4, -0.2) is 38.2 Å². The van der Waals surface area contributed by atoms with Gasteiger partial charge in [-0.1, -0.05) is 51.1 Å². The van der Waals surface area contributed by atoms with Crippen molar-refractivity contribution < 1.29 is 13.2 Å². The van der Waals surface area contributed by atoms with E-state index in [1.807, 2.05) is 48.5 Å². The van der Waals surface area contributed by atoms with Gasteiger partial charge in [-0.3, -0.25) is 4.31 Å². The van der Waals surface area contributed by atoms with Crippen LogP contribution in [0.2, 0.25) is 0 Å². The lowest BCUT2D eigenvalue weighted by molar-refractivity contribution is 0.0611. The van der Waals surface area contributed by atoms with Crippen molar-refractivity contribution >= 4 is 26.9 Å². The number of hydrogen-bond acceptors (Lipinski definition) is 4. The Bertz CT molecular complexity index is 1190. The number of hydrogen-bond donors (Lipinski definition) is 1. The average molecular weight is 471 g/mol. The molecule has 2 aromatic carbocycles. The first kappa shape index (κ1) is 23.7. The zero-order valence-electron chi connectivity index (χ0n) is 19.9. The molecule has 1 saturated heterocycles. The van der Waals surface area contributed by atoms with Gasteiger partial charge in [0.15, 0.2) is 0 Å². The molecule has 8 heteroatoms. The largest absolute Gasteiger partial charge is 0.381 e. The van der Waals surface area contributed by atoms with Gasteiger partial charge in [-0.05, 0) is 42.5 Å². The van der Waals surface area contributed by atoms with Crippen molar-refractivity contribution in [3.05, 3.63) is 59.9 Å². The lowest BCUT2D eigenvalue weighted by atomic mass is 9.94. The molecule has 178 valence electrons. The van der Waals surface area contributed by atoms with Crippen LogP contribution in [0.5, 0.6) is 0 Å².